The van der Waals surface area contributed by atoms with E-state index in [0.717, 1.165) is 28.1 Å². The third-order valence-corrected chi connectivity index (χ3v) is 4.98. The van der Waals surface area contributed by atoms with Gasteiger partial charge in [0.05, 0.1) is 18.7 Å². The Hall–Kier alpha value is -3.59. The Morgan fingerprint density at radius 2 is 1.50 bits per heavy atom. The maximum Gasteiger partial charge on any atom is 0.335 e. The Morgan fingerprint density at radius 3 is 2.18 bits per heavy atom. The minimum absolute atomic E-state index is 0.355. The molecule has 3 aromatic rings. The van der Waals surface area contributed by atoms with Gasteiger partial charge in [0.1, 0.15) is 0 Å². The van der Waals surface area contributed by atoms with Gasteiger partial charge in [-0.25, -0.2) is 4.79 Å². The summed E-state index contributed by atoms with van der Waals surface area (Å²) in [5.74, 6) is -0.407. The van der Waals surface area contributed by atoms with Gasteiger partial charge in [-0.1, -0.05) is 79.4 Å². The van der Waals surface area contributed by atoms with Crippen molar-refractivity contribution in [1.29, 1.82) is 0 Å². The molecule has 0 saturated heterocycles. The van der Waals surface area contributed by atoms with Crippen LogP contribution in [0.15, 0.2) is 97.1 Å². The van der Waals surface area contributed by atoms with Crippen LogP contribution in [-0.4, -0.2) is 13.1 Å². The Labute approximate surface area is 165 Å². The lowest BCUT2D eigenvalue weighted by molar-refractivity contribution is -0.136. The minimum Gasteiger partial charge on any atom is -0.466 e. The third kappa shape index (κ3) is 3.12. The van der Waals surface area contributed by atoms with Crippen molar-refractivity contribution in [3.8, 4) is 0 Å². The first-order chi connectivity index (χ1) is 13.7. The molecule has 1 aliphatic heterocycles. The fourth-order valence-electron chi connectivity index (χ4n) is 3.68. The summed E-state index contributed by atoms with van der Waals surface area (Å²) in [5.41, 5.74) is 5.58. The topological polar surface area (TPSA) is 29.5 Å². The summed E-state index contributed by atoms with van der Waals surface area (Å²) in [7, 11) is 1.39. The molecule has 0 aliphatic carbocycles. The highest BCUT2D eigenvalue weighted by molar-refractivity contribution is 5.98. The molecule has 0 aromatic heterocycles. The molecule has 1 aliphatic rings. The van der Waals surface area contributed by atoms with E-state index in [1.165, 1.54) is 7.11 Å². The highest BCUT2D eigenvalue weighted by Gasteiger charge is 2.35. The Bertz CT molecular complexity index is 1040. The van der Waals surface area contributed by atoms with Crippen LogP contribution >= 0.6 is 0 Å². The summed E-state index contributed by atoms with van der Waals surface area (Å²) in [5, 5.41) is 0. The molecule has 4 rings (SSSR count). The number of hydrogen-bond acceptors (Lipinski definition) is 3. The van der Waals surface area contributed by atoms with E-state index < -0.39 is 5.97 Å². The van der Waals surface area contributed by atoms with Crippen LogP contribution in [-0.2, 0) is 9.53 Å². The molecule has 0 radical (unpaired) electrons. The zero-order chi connectivity index (χ0) is 19.5. The molecule has 0 amide bonds. The van der Waals surface area contributed by atoms with Crippen molar-refractivity contribution >= 4 is 23.4 Å². The first-order valence-corrected chi connectivity index (χ1v) is 9.18. The zero-order valence-corrected chi connectivity index (χ0v) is 15.7. The number of hydrogen-bond donors (Lipinski definition) is 0. The van der Waals surface area contributed by atoms with Crippen LogP contribution in [0.5, 0.6) is 0 Å². The quantitative estimate of drug-likeness (QED) is 0.452. The summed E-state index contributed by atoms with van der Waals surface area (Å²) < 4.78 is 5.02. The van der Waals surface area contributed by atoms with Crippen LogP contribution in [0.2, 0.25) is 0 Å². The van der Waals surface area contributed by atoms with Crippen molar-refractivity contribution in [1.82, 2.24) is 0 Å². The van der Waals surface area contributed by atoms with Gasteiger partial charge in [0.2, 0.25) is 0 Å². The Morgan fingerprint density at radius 1 is 0.893 bits per heavy atom. The smallest absolute Gasteiger partial charge is 0.335 e. The lowest BCUT2D eigenvalue weighted by Crippen LogP contribution is -2.33. The normalized spacial score (nSPS) is 15.4. The van der Waals surface area contributed by atoms with E-state index >= 15 is 0 Å². The lowest BCUT2D eigenvalue weighted by Gasteiger charge is -2.40. The van der Waals surface area contributed by atoms with Crippen molar-refractivity contribution in [3.63, 3.8) is 0 Å². The summed E-state index contributed by atoms with van der Waals surface area (Å²) in [4.78, 5) is 14.6. The van der Waals surface area contributed by atoms with Gasteiger partial charge in [-0.05, 0) is 34.9 Å². The van der Waals surface area contributed by atoms with Crippen molar-refractivity contribution < 1.29 is 9.53 Å². The number of nitrogens with zero attached hydrogens (tertiary/aromatic N) is 1. The zero-order valence-electron chi connectivity index (χ0n) is 15.7. The number of carbonyl (C=O) groups excluding carboxylic acids is 1. The first kappa shape index (κ1) is 17.8. The molecule has 28 heavy (non-hydrogen) atoms. The van der Waals surface area contributed by atoms with E-state index in [2.05, 4.69) is 35.8 Å². The van der Waals surface area contributed by atoms with E-state index in [1.54, 1.807) is 0 Å². The number of ether oxygens (including phenoxy) is 1. The van der Waals surface area contributed by atoms with E-state index in [-0.39, 0.29) is 6.04 Å². The number of para-hydroxylation sites is 1. The number of rotatable bonds is 4. The molecule has 3 aromatic carbocycles. The molecule has 0 saturated carbocycles. The summed E-state index contributed by atoms with van der Waals surface area (Å²) in [6, 6.07) is 28.0. The number of benzene rings is 3. The third-order valence-electron chi connectivity index (χ3n) is 4.98. The van der Waals surface area contributed by atoms with Crippen molar-refractivity contribution in [3.05, 3.63) is 114 Å². The fourth-order valence-corrected chi connectivity index (χ4v) is 3.68. The van der Waals surface area contributed by atoms with Gasteiger partial charge in [-0.2, -0.15) is 0 Å². The molecule has 3 nitrogen and oxygen atoms in total. The van der Waals surface area contributed by atoms with Gasteiger partial charge in [-0.3, -0.25) is 0 Å². The average molecular weight is 367 g/mol. The van der Waals surface area contributed by atoms with Crippen molar-refractivity contribution in [2.45, 2.75) is 6.04 Å². The molecule has 1 heterocycles. The van der Waals surface area contributed by atoms with E-state index in [1.807, 2.05) is 66.7 Å². The van der Waals surface area contributed by atoms with E-state index in [9.17, 15) is 4.79 Å². The van der Waals surface area contributed by atoms with Crippen LogP contribution in [0.1, 0.15) is 22.7 Å². The Balaban J connectivity index is 1.98. The molecule has 3 heteroatoms. The standard InChI is InChI=1S/C25H21NO2/c1-18(25(27)28-2)24-22-16-10-9-13-20(22)17-23(19-11-5-3-6-12-19)26(24)21-14-7-4-8-15-21/h3-17,24H,1H2,2H3. The van der Waals surface area contributed by atoms with Crippen LogP contribution in [0.4, 0.5) is 5.69 Å². The maximum atomic E-state index is 12.5. The number of esters is 1. The number of carbonyl (C=O) groups is 1. The SMILES string of the molecule is C=C(C(=O)OC)C1c2ccccc2C=C(c2ccccc2)N1c1ccccc1. The molecule has 138 valence electrons. The van der Waals surface area contributed by atoms with Crippen molar-refractivity contribution in [2.24, 2.45) is 0 Å². The summed E-state index contributed by atoms with van der Waals surface area (Å²) >= 11 is 0. The second kappa shape index (κ2) is 7.57. The summed E-state index contributed by atoms with van der Waals surface area (Å²) in [6.07, 6.45) is 2.17. The van der Waals surface area contributed by atoms with E-state index in [0.29, 0.717) is 5.57 Å². The molecule has 1 atom stereocenters. The molecular formula is C25H21NO2. The molecule has 0 spiro atoms. The largest absolute Gasteiger partial charge is 0.466 e. The van der Waals surface area contributed by atoms with Crippen LogP contribution < -0.4 is 4.90 Å². The number of fused-ring (bicyclic) bond motifs is 1. The highest BCUT2D eigenvalue weighted by Crippen LogP contribution is 2.44. The second-order valence-corrected chi connectivity index (χ2v) is 6.65. The van der Waals surface area contributed by atoms with Crippen LogP contribution in [0.3, 0.4) is 0 Å². The van der Waals surface area contributed by atoms with Crippen LogP contribution in [0, 0.1) is 0 Å². The van der Waals surface area contributed by atoms with Gasteiger partial charge >= 0.3 is 5.97 Å². The van der Waals surface area contributed by atoms with Gasteiger partial charge in [0.25, 0.3) is 0 Å². The molecule has 0 bridgehead atoms. The van der Waals surface area contributed by atoms with Gasteiger partial charge in [0, 0.05) is 11.4 Å². The maximum absolute atomic E-state index is 12.5. The number of anilines is 1. The lowest BCUT2D eigenvalue weighted by atomic mass is 9.87. The predicted molar refractivity (Wildman–Crippen MR) is 114 cm³/mol. The molecular weight excluding hydrogens is 346 g/mol. The second-order valence-electron chi connectivity index (χ2n) is 6.65. The van der Waals surface area contributed by atoms with Gasteiger partial charge < -0.3 is 9.64 Å². The monoisotopic (exact) mass is 367 g/mol. The van der Waals surface area contributed by atoms with Gasteiger partial charge in [0.15, 0.2) is 0 Å². The van der Waals surface area contributed by atoms with Crippen LogP contribution in [0.25, 0.3) is 11.8 Å². The average Bonchev–Trinajstić information content (AvgIpc) is 2.78. The molecule has 0 N–H and O–H groups in total. The number of methoxy groups -OCH3 is 1. The first-order valence-electron chi connectivity index (χ1n) is 9.18. The minimum atomic E-state index is -0.407. The fraction of sp³-hybridized carbons (Fsp3) is 0.0800. The van der Waals surface area contributed by atoms with Crippen molar-refractivity contribution in [2.75, 3.05) is 12.0 Å². The Kier molecular flexibility index (Phi) is 4.81. The molecule has 1 unspecified atom stereocenters. The predicted octanol–water partition coefficient (Wildman–Crippen LogP) is 5.48. The molecule has 0 fully saturated rings. The highest BCUT2D eigenvalue weighted by atomic mass is 16.5. The summed E-state index contributed by atoms with van der Waals surface area (Å²) in [6.45, 7) is 4.11. The van der Waals surface area contributed by atoms with E-state index in [4.69, 9.17) is 4.74 Å². The van der Waals surface area contributed by atoms with Gasteiger partial charge in [-0.15, -0.1) is 0 Å².